The van der Waals surface area contributed by atoms with Crippen LogP contribution in [0.2, 0.25) is 0 Å². The van der Waals surface area contributed by atoms with Crippen molar-refractivity contribution in [2.24, 2.45) is 11.7 Å². The second-order valence-electron chi connectivity index (χ2n) is 5.17. The first kappa shape index (κ1) is 11.5. The monoisotopic (exact) mass is 245 g/mol. The van der Waals surface area contributed by atoms with E-state index in [0.29, 0.717) is 5.92 Å². The van der Waals surface area contributed by atoms with Gasteiger partial charge in [0.1, 0.15) is 11.4 Å². The quantitative estimate of drug-likeness (QED) is 0.882. The van der Waals surface area contributed by atoms with Gasteiger partial charge in [-0.05, 0) is 37.8 Å². The Kier molecular flexibility index (Phi) is 2.96. The molecule has 0 radical (unpaired) electrons. The molecule has 96 valence electrons. The number of rotatable bonds is 2. The first-order valence-corrected chi connectivity index (χ1v) is 6.58. The molecule has 0 saturated carbocycles. The third kappa shape index (κ3) is 1.97. The number of anilines is 1. The summed E-state index contributed by atoms with van der Waals surface area (Å²) in [5.41, 5.74) is 6.94. The molecule has 2 aromatic rings. The van der Waals surface area contributed by atoms with Gasteiger partial charge in [-0.3, -0.25) is 0 Å². The molecule has 1 fully saturated rings. The minimum Gasteiger partial charge on any atom is -0.464 e. The van der Waals surface area contributed by atoms with E-state index in [-0.39, 0.29) is 6.04 Å². The largest absolute Gasteiger partial charge is 0.464 e. The van der Waals surface area contributed by atoms with E-state index >= 15 is 0 Å². The molecule has 2 atom stereocenters. The third-order valence-corrected chi connectivity index (χ3v) is 3.86. The Morgan fingerprint density at radius 1 is 1.50 bits per heavy atom. The van der Waals surface area contributed by atoms with Crippen molar-refractivity contribution in [3.63, 3.8) is 0 Å². The highest BCUT2D eigenvalue weighted by molar-refractivity contribution is 5.88. The van der Waals surface area contributed by atoms with Crippen LogP contribution in [0, 0.1) is 5.92 Å². The molecule has 1 aliphatic heterocycles. The van der Waals surface area contributed by atoms with Gasteiger partial charge in [-0.1, -0.05) is 0 Å². The van der Waals surface area contributed by atoms with Crippen molar-refractivity contribution in [3.05, 3.63) is 24.6 Å². The molecule has 4 nitrogen and oxygen atoms in total. The summed E-state index contributed by atoms with van der Waals surface area (Å²) in [5.74, 6) is 1.59. The lowest BCUT2D eigenvalue weighted by atomic mass is 9.92. The number of nitrogens with two attached hydrogens (primary N) is 1. The molecular formula is C14H19N3O. The maximum Gasteiger partial charge on any atom is 0.139 e. The van der Waals surface area contributed by atoms with Crippen molar-refractivity contribution in [2.75, 3.05) is 18.0 Å². The van der Waals surface area contributed by atoms with E-state index in [4.69, 9.17) is 10.2 Å². The molecule has 0 amide bonds. The van der Waals surface area contributed by atoms with Crippen molar-refractivity contribution in [1.82, 2.24) is 4.98 Å². The van der Waals surface area contributed by atoms with E-state index < -0.39 is 0 Å². The fraction of sp³-hybridized carbons (Fsp3) is 0.500. The first-order valence-electron chi connectivity index (χ1n) is 6.58. The summed E-state index contributed by atoms with van der Waals surface area (Å²) in [6.45, 7) is 4.15. The third-order valence-electron chi connectivity index (χ3n) is 3.86. The van der Waals surface area contributed by atoms with Crippen molar-refractivity contribution < 1.29 is 4.42 Å². The van der Waals surface area contributed by atoms with Crippen LogP contribution in [-0.2, 0) is 0 Å². The maximum atomic E-state index is 6.03. The topological polar surface area (TPSA) is 55.3 Å². The predicted molar refractivity (Wildman–Crippen MR) is 72.6 cm³/mol. The highest BCUT2D eigenvalue weighted by Crippen LogP contribution is 2.29. The zero-order valence-corrected chi connectivity index (χ0v) is 10.7. The summed E-state index contributed by atoms with van der Waals surface area (Å²) in [4.78, 5) is 6.86. The van der Waals surface area contributed by atoms with Crippen LogP contribution in [-0.4, -0.2) is 24.1 Å². The van der Waals surface area contributed by atoms with E-state index in [1.54, 1.807) is 6.26 Å². The van der Waals surface area contributed by atoms with Crippen LogP contribution in [0.1, 0.15) is 19.8 Å². The highest BCUT2D eigenvalue weighted by Gasteiger charge is 2.24. The Bertz CT molecular complexity index is 535. The van der Waals surface area contributed by atoms with Crippen molar-refractivity contribution in [2.45, 2.75) is 25.8 Å². The Morgan fingerprint density at radius 2 is 2.39 bits per heavy atom. The van der Waals surface area contributed by atoms with Gasteiger partial charge in [0.05, 0.1) is 11.6 Å². The number of piperidine rings is 1. The smallest absolute Gasteiger partial charge is 0.139 e. The van der Waals surface area contributed by atoms with Crippen LogP contribution in [0.3, 0.4) is 0 Å². The molecule has 1 saturated heterocycles. The molecule has 4 heteroatoms. The van der Waals surface area contributed by atoms with Gasteiger partial charge in [0.25, 0.3) is 0 Å². The fourth-order valence-electron chi connectivity index (χ4n) is 2.76. The van der Waals surface area contributed by atoms with Crippen LogP contribution < -0.4 is 10.6 Å². The Balaban J connectivity index is 1.92. The van der Waals surface area contributed by atoms with Crippen LogP contribution in [0.4, 0.5) is 5.82 Å². The van der Waals surface area contributed by atoms with Gasteiger partial charge < -0.3 is 15.1 Å². The lowest BCUT2D eigenvalue weighted by Gasteiger charge is -2.35. The summed E-state index contributed by atoms with van der Waals surface area (Å²) < 4.78 is 5.43. The van der Waals surface area contributed by atoms with Crippen molar-refractivity contribution in [3.8, 4) is 0 Å². The molecule has 2 unspecified atom stereocenters. The van der Waals surface area contributed by atoms with Gasteiger partial charge in [0.2, 0.25) is 0 Å². The number of pyridine rings is 1. The van der Waals surface area contributed by atoms with Crippen molar-refractivity contribution >= 4 is 16.8 Å². The summed E-state index contributed by atoms with van der Waals surface area (Å²) in [7, 11) is 0. The number of fused-ring (bicyclic) bond motifs is 1. The molecule has 2 aromatic heterocycles. The van der Waals surface area contributed by atoms with Crippen LogP contribution >= 0.6 is 0 Å². The van der Waals surface area contributed by atoms with Crippen LogP contribution in [0.25, 0.3) is 11.0 Å². The summed E-state index contributed by atoms with van der Waals surface area (Å²) in [5, 5.41) is 1.10. The number of hydrogen-bond donors (Lipinski definition) is 1. The molecule has 0 aromatic carbocycles. The van der Waals surface area contributed by atoms with Gasteiger partial charge in [-0.25, -0.2) is 4.98 Å². The summed E-state index contributed by atoms with van der Waals surface area (Å²) in [6.07, 6.45) is 5.94. The molecule has 18 heavy (non-hydrogen) atoms. The fourth-order valence-corrected chi connectivity index (χ4v) is 2.76. The van der Waals surface area contributed by atoms with E-state index in [0.717, 1.165) is 29.9 Å². The van der Waals surface area contributed by atoms with Gasteiger partial charge in [0, 0.05) is 25.3 Å². The number of hydrogen-bond acceptors (Lipinski definition) is 4. The second kappa shape index (κ2) is 4.61. The van der Waals surface area contributed by atoms with Gasteiger partial charge >= 0.3 is 0 Å². The molecule has 0 bridgehead atoms. The van der Waals surface area contributed by atoms with Crippen molar-refractivity contribution in [1.29, 1.82) is 0 Å². The molecule has 0 spiro atoms. The van der Waals surface area contributed by atoms with E-state index in [1.165, 1.54) is 12.8 Å². The van der Waals surface area contributed by atoms with Gasteiger partial charge in [0.15, 0.2) is 0 Å². The van der Waals surface area contributed by atoms with Crippen LogP contribution in [0.5, 0.6) is 0 Å². The summed E-state index contributed by atoms with van der Waals surface area (Å²) in [6, 6.07) is 4.15. The Morgan fingerprint density at radius 3 is 3.22 bits per heavy atom. The number of aromatic nitrogens is 1. The van der Waals surface area contributed by atoms with E-state index in [1.807, 2.05) is 18.3 Å². The number of furan rings is 1. The van der Waals surface area contributed by atoms with Gasteiger partial charge in [-0.15, -0.1) is 0 Å². The molecular weight excluding hydrogens is 226 g/mol. The molecule has 0 aliphatic carbocycles. The molecule has 1 aliphatic rings. The van der Waals surface area contributed by atoms with Crippen LogP contribution in [0.15, 0.2) is 29.0 Å². The minimum absolute atomic E-state index is 0.247. The zero-order chi connectivity index (χ0) is 12.5. The maximum absolute atomic E-state index is 6.03. The van der Waals surface area contributed by atoms with E-state index in [2.05, 4.69) is 16.8 Å². The molecule has 2 N–H and O–H groups in total. The standard InChI is InChI=1S/C14H19N3O/c1-10(15)11-3-2-7-17(9-11)14-12-5-8-18-13(12)4-6-16-14/h4-6,8,10-11H,2-3,7,9,15H2,1H3. The minimum atomic E-state index is 0.247. The normalized spacial score (nSPS) is 22.3. The predicted octanol–water partition coefficient (Wildman–Crippen LogP) is 2.39. The average molecular weight is 245 g/mol. The molecule has 3 rings (SSSR count). The average Bonchev–Trinajstić information content (AvgIpc) is 2.87. The second-order valence-corrected chi connectivity index (χ2v) is 5.17. The Labute approximate surface area is 107 Å². The Hall–Kier alpha value is -1.55. The zero-order valence-electron chi connectivity index (χ0n) is 10.7. The lowest BCUT2D eigenvalue weighted by Crippen LogP contribution is -2.42. The number of nitrogens with zero attached hydrogens (tertiary/aromatic N) is 2. The molecule has 3 heterocycles. The van der Waals surface area contributed by atoms with E-state index in [9.17, 15) is 0 Å². The van der Waals surface area contributed by atoms with Gasteiger partial charge in [-0.2, -0.15) is 0 Å². The first-order chi connectivity index (χ1) is 8.75. The lowest BCUT2D eigenvalue weighted by molar-refractivity contribution is 0.363. The SMILES string of the molecule is CC(N)C1CCCN(c2nccc3occc23)C1. The highest BCUT2D eigenvalue weighted by atomic mass is 16.3. The summed E-state index contributed by atoms with van der Waals surface area (Å²) >= 11 is 0.